The number of benzene rings is 9. The molecule has 0 saturated carbocycles. The van der Waals surface area contributed by atoms with Crippen LogP contribution >= 0.6 is 0 Å². The van der Waals surface area contributed by atoms with Crippen molar-refractivity contribution in [3.63, 3.8) is 0 Å². The number of para-hydroxylation sites is 6. The van der Waals surface area contributed by atoms with Gasteiger partial charge in [-0.2, -0.15) is 0 Å². The first-order valence-corrected chi connectivity index (χ1v) is 23.1. The summed E-state index contributed by atoms with van der Waals surface area (Å²) in [5, 5.41) is 13.2. The molecule has 4 aromatic heterocycles. The number of aliphatic imine (C=N–C) groups is 3. The number of nitrogens with one attached hydrogen (secondary N) is 1. The second kappa shape index (κ2) is 14.1. The predicted molar refractivity (Wildman–Crippen MR) is 282 cm³/mol. The molecular formula is C60H38N8. The van der Waals surface area contributed by atoms with Gasteiger partial charge in [-0.05, 0) is 60.7 Å². The molecule has 1 atom stereocenters. The first kappa shape index (κ1) is 37.0. The summed E-state index contributed by atoms with van der Waals surface area (Å²) in [4.78, 5) is 16.5. The quantitative estimate of drug-likeness (QED) is 0.189. The van der Waals surface area contributed by atoms with Crippen molar-refractivity contribution in [2.24, 2.45) is 15.0 Å². The van der Waals surface area contributed by atoms with Gasteiger partial charge in [-0.1, -0.05) is 152 Å². The second-order valence-electron chi connectivity index (χ2n) is 17.7. The summed E-state index contributed by atoms with van der Waals surface area (Å²) in [6, 6.07) is 75.7. The monoisotopic (exact) mass is 870 g/mol. The fraction of sp³-hybridized carbons (Fsp3) is 0.0167. The summed E-state index contributed by atoms with van der Waals surface area (Å²) in [5.41, 5.74) is 13.7. The first-order valence-electron chi connectivity index (χ1n) is 23.1. The van der Waals surface area contributed by atoms with E-state index in [4.69, 9.17) is 15.0 Å². The van der Waals surface area contributed by atoms with E-state index in [1.54, 1.807) is 0 Å². The van der Waals surface area contributed by atoms with Crippen molar-refractivity contribution < 1.29 is 0 Å². The van der Waals surface area contributed by atoms with Gasteiger partial charge in [0.15, 0.2) is 6.17 Å². The summed E-state index contributed by atoms with van der Waals surface area (Å²) < 4.78 is 9.35. The van der Waals surface area contributed by atoms with Crippen LogP contribution in [0.2, 0.25) is 0 Å². The van der Waals surface area contributed by atoms with Gasteiger partial charge in [0.25, 0.3) is 0 Å². The highest BCUT2D eigenvalue weighted by Gasteiger charge is 2.32. The van der Waals surface area contributed by atoms with Crippen LogP contribution in [0.15, 0.2) is 233 Å². The molecule has 2 aliphatic heterocycles. The van der Waals surface area contributed by atoms with Gasteiger partial charge < -0.3 is 14.5 Å². The third-order valence-corrected chi connectivity index (χ3v) is 14.0. The van der Waals surface area contributed by atoms with Crippen molar-refractivity contribution in [1.82, 2.24) is 23.6 Å². The number of hydrogen-bond donors (Lipinski definition) is 1. The maximum Gasteiger partial charge on any atom is 0.232 e. The average molecular weight is 871 g/mol. The second-order valence-corrected chi connectivity index (χ2v) is 17.7. The van der Waals surface area contributed by atoms with Crippen LogP contribution in [0.1, 0.15) is 5.56 Å². The Labute approximate surface area is 389 Å². The summed E-state index contributed by atoms with van der Waals surface area (Å²) in [6.07, 6.45) is 1.46. The van der Waals surface area contributed by atoms with E-state index in [1.807, 2.05) is 12.3 Å². The van der Waals surface area contributed by atoms with E-state index in [-0.39, 0.29) is 0 Å². The fourth-order valence-corrected chi connectivity index (χ4v) is 11.2. The number of rotatable bonds is 3. The van der Waals surface area contributed by atoms with Crippen LogP contribution in [0.25, 0.3) is 104 Å². The van der Waals surface area contributed by atoms with Crippen LogP contribution in [0.3, 0.4) is 0 Å². The molecule has 0 bridgehead atoms. The minimum Gasteiger partial charge on any atom is -0.329 e. The Bertz CT molecular complexity index is 4390. The highest BCUT2D eigenvalue weighted by atomic mass is 15.3. The standard InChI is InChI=1S/C60H38N8/c1-4-18-37(19-5-1)55-48-36-61-59(68-52-31-17-11-25-41(52)45-33-32-44-40-24-10-15-29-50(40)66(56(44)57(45)68)39-22-8-3-9-23-39)63-58(48)64-60(62-55)67-51-30-16-13-27-43(51)47-34-53-46(35-54(47)67)42-26-12-14-28-49(42)65(53)38-20-6-2-7-21-38/h1-36,58H,(H,62,64). The molecule has 8 heteroatoms. The minimum absolute atomic E-state index is 0.513. The Hall–Kier alpha value is -9.27. The minimum atomic E-state index is -0.513. The normalized spacial score (nSPS) is 15.1. The lowest BCUT2D eigenvalue weighted by molar-refractivity contribution is 0.717. The zero-order valence-electron chi connectivity index (χ0n) is 36.5. The molecule has 0 radical (unpaired) electrons. The van der Waals surface area contributed by atoms with Crippen molar-refractivity contribution in [1.29, 1.82) is 0 Å². The van der Waals surface area contributed by atoms with E-state index < -0.39 is 6.17 Å². The van der Waals surface area contributed by atoms with Gasteiger partial charge in [0.2, 0.25) is 11.9 Å². The molecule has 68 heavy (non-hydrogen) atoms. The van der Waals surface area contributed by atoms with Crippen molar-refractivity contribution >= 4 is 111 Å². The lowest BCUT2D eigenvalue weighted by Gasteiger charge is -2.29. The number of aromatic nitrogens is 4. The van der Waals surface area contributed by atoms with E-state index in [0.717, 1.165) is 88.4 Å². The van der Waals surface area contributed by atoms with E-state index in [1.165, 1.54) is 27.1 Å². The van der Waals surface area contributed by atoms with E-state index in [0.29, 0.717) is 11.9 Å². The molecule has 0 saturated heterocycles. The van der Waals surface area contributed by atoms with Gasteiger partial charge in [-0.25, -0.2) is 15.0 Å². The molecule has 0 spiro atoms. The summed E-state index contributed by atoms with van der Waals surface area (Å²) in [5.74, 6) is 1.29. The Morgan fingerprint density at radius 1 is 0.368 bits per heavy atom. The molecule has 6 heterocycles. The van der Waals surface area contributed by atoms with Crippen LogP contribution in [0, 0.1) is 0 Å². The highest BCUT2D eigenvalue weighted by molar-refractivity contribution is 6.27. The lowest BCUT2D eigenvalue weighted by atomic mass is 10.0. The van der Waals surface area contributed by atoms with Crippen LogP contribution < -0.4 is 5.32 Å². The molecule has 0 fully saturated rings. The number of nitrogens with zero attached hydrogens (tertiary/aromatic N) is 7. The predicted octanol–water partition coefficient (Wildman–Crippen LogP) is 13.6. The lowest BCUT2D eigenvalue weighted by Crippen LogP contribution is -2.44. The molecule has 13 aromatic rings. The van der Waals surface area contributed by atoms with Gasteiger partial charge in [0, 0.05) is 71.8 Å². The molecule has 2 aliphatic rings. The van der Waals surface area contributed by atoms with Crippen LogP contribution in [0.4, 0.5) is 0 Å². The topological polar surface area (TPSA) is 68.8 Å². The molecule has 318 valence electrons. The molecule has 0 aliphatic carbocycles. The maximum atomic E-state index is 5.64. The fourth-order valence-electron chi connectivity index (χ4n) is 11.2. The Morgan fingerprint density at radius 3 is 1.40 bits per heavy atom. The largest absolute Gasteiger partial charge is 0.329 e. The Balaban J connectivity index is 0.981. The van der Waals surface area contributed by atoms with Crippen LogP contribution in [-0.4, -0.2) is 42.6 Å². The Morgan fingerprint density at radius 2 is 0.809 bits per heavy atom. The van der Waals surface area contributed by atoms with E-state index in [9.17, 15) is 0 Å². The number of fused-ring (bicyclic) bond motifs is 14. The SMILES string of the molecule is C1=NC(n2c3ccccc3c3ccc4c5ccccc5n(-c5ccccc5)c4c32)=NC2NC(n3c4ccccc4c4cc5c(cc43)c3ccccc3n5-c3ccccc3)=NC(c3ccccc3)=C12. The molecule has 1 N–H and O–H groups in total. The summed E-state index contributed by atoms with van der Waals surface area (Å²) in [6.45, 7) is 0. The third kappa shape index (κ3) is 5.16. The van der Waals surface area contributed by atoms with Crippen molar-refractivity contribution in [2.45, 2.75) is 6.17 Å². The molecule has 15 rings (SSSR count). The highest BCUT2D eigenvalue weighted by Crippen LogP contribution is 2.42. The zero-order valence-corrected chi connectivity index (χ0v) is 36.5. The van der Waals surface area contributed by atoms with E-state index >= 15 is 0 Å². The molecular weight excluding hydrogens is 833 g/mol. The van der Waals surface area contributed by atoms with Gasteiger partial charge in [-0.3, -0.25) is 9.13 Å². The van der Waals surface area contributed by atoms with Crippen molar-refractivity contribution in [3.8, 4) is 11.4 Å². The van der Waals surface area contributed by atoms with Crippen molar-refractivity contribution in [2.75, 3.05) is 0 Å². The molecule has 8 nitrogen and oxygen atoms in total. The van der Waals surface area contributed by atoms with Gasteiger partial charge in [0.1, 0.15) is 0 Å². The van der Waals surface area contributed by atoms with Gasteiger partial charge in [0.05, 0.1) is 49.8 Å². The van der Waals surface area contributed by atoms with Crippen LogP contribution in [0.5, 0.6) is 0 Å². The summed E-state index contributed by atoms with van der Waals surface area (Å²) in [7, 11) is 0. The summed E-state index contributed by atoms with van der Waals surface area (Å²) >= 11 is 0. The Kier molecular flexibility index (Phi) is 7.68. The number of hydrogen-bond acceptors (Lipinski definition) is 4. The third-order valence-electron chi connectivity index (χ3n) is 14.0. The van der Waals surface area contributed by atoms with Gasteiger partial charge in [-0.15, -0.1) is 0 Å². The average Bonchev–Trinajstić information content (AvgIpc) is 4.13. The molecule has 1 unspecified atom stereocenters. The molecule has 0 amide bonds. The maximum absolute atomic E-state index is 5.64. The smallest absolute Gasteiger partial charge is 0.232 e. The van der Waals surface area contributed by atoms with Crippen molar-refractivity contribution in [3.05, 3.63) is 223 Å². The van der Waals surface area contributed by atoms with Gasteiger partial charge >= 0.3 is 0 Å². The zero-order chi connectivity index (χ0) is 44.5. The van der Waals surface area contributed by atoms with Crippen LogP contribution in [-0.2, 0) is 0 Å². The first-order chi connectivity index (χ1) is 33.8. The van der Waals surface area contributed by atoms with E-state index in [2.05, 4.69) is 230 Å². The molecule has 9 aromatic carbocycles.